The van der Waals surface area contributed by atoms with Crippen molar-refractivity contribution in [1.82, 2.24) is 0 Å². The number of benzene rings is 2. The summed E-state index contributed by atoms with van der Waals surface area (Å²) in [5, 5.41) is 2.26. The number of fused-ring (bicyclic) bond motifs is 1. The van der Waals surface area contributed by atoms with Crippen molar-refractivity contribution >= 4 is 22.1 Å². The van der Waals surface area contributed by atoms with Crippen molar-refractivity contribution in [2.45, 2.75) is 0 Å². The fourth-order valence-corrected chi connectivity index (χ4v) is 1.28. The molecule has 0 heterocycles. The second kappa shape index (κ2) is 2.41. The van der Waals surface area contributed by atoms with Gasteiger partial charge in [-0.2, -0.15) is 0 Å². The predicted octanol–water partition coefficient (Wildman–Crippen LogP) is 2.00. The standard InChI is InChI=1S/C10H10N2/c11-9-5-7-3-1-2-4-8(7)6-10(9)12/h1-6H,11-12H2/i11+1,12+1. The van der Waals surface area contributed by atoms with E-state index in [0.29, 0.717) is 11.4 Å². The molecule has 0 amide bonds. The highest BCUT2D eigenvalue weighted by Gasteiger charge is 1.96. The number of nitrogen functional groups attached to an aromatic ring is 2. The van der Waals surface area contributed by atoms with Crippen LogP contribution in [0.15, 0.2) is 36.4 Å². The van der Waals surface area contributed by atoms with Crippen molar-refractivity contribution in [1.29, 1.82) is 0 Å². The van der Waals surface area contributed by atoms with E-state index in [1.807, 2.05) is 36.4 Å². The Morgan fingerprint density at radius 3 is 1.58 bits per heavy atom. The second-order valence-electron chi connectivity index (χ2n) is 2.83. The molecule has 12 heavy (non-hydrogen) atoms. The van der Waals surface area contributed by atoms with Crippen LogP contribution >= 0.6 is 0 Å². The first-order chi connectivity index (χ1) is 5.77. The van der Waals surface area contributed by atoms with Crippen molar-refractivity contribution in [3.05, 3.63) is 36.4 Å². The summed E-state index contributed by atoms with van der Waals surface area (Å²) >= 11 is 0. The van der Waals surface area contributed by atoms with Crippen LogP contribution in [0.3, 0.4) is 0 Å². The van der Waals surface area contributed by atoms with Crippen LogP contribution in [0, 0.1) is 0 Å². The number of rotatable bonds is 0. The molecule has 0 aromatic heterocycles. The molecule has 4 N–H and O–H groups in total. The van der Waals surface area contributed by atoms with Gasteiger partial charge in [-0.3, -0.25) is 0 Å². The molecular formula is C10H10N2. The molecule has 0 unspecified atom stereocenters. The number of anilines is 2. The van der Waals surface area contributed by atoms with Crippen LogP contribution in [-0.4, -0.2) is 0 Å². The fraction of sp³-hybridized carbons (Fsp3) is 0. The largest absolute Gasteiger partial charge is 0.397 e. The molecule has 0 aliphatic carbocycles. The Morgan fingerprint density at radius 2 is 1.17 bits per heavy atom. The summed E-state index contributed by atoms with van der Waals surface area (Å²) in [6.07, 6.45) is 0. The number of nitrogens with two attached hydrogens (primary N) is 2. The van der Waals surface area contributed by atoms with Gasteiger partial charge in [0.05, 0.1) is 11.4 Å². The van der Waals surface area contributed by atoms with Crippen molar-refractivity contribution < 1.29 is 0 Å². The maximum atomic E-state index is 5.66. The van der Waals surface area contributed by atoms with E-state index < -0.39 is 0 Å². The molecule has 2 aromatic carbocycles. The average molecular weight is 160 g/mol. The minimum absolute atomic E-state index is 0.647. The molecule has 2 heteroatoms. The van der Waals surface area contributed by atoms with Crippen LogP contribution in [0.4, 0.5) is 11.4 Å². The Balaban J connectivity index is 2.84. The zero-order valence-electron chi connectivity index (χ0n) is 6.62. The molecule has 0 spiro atoms. The average Bonchev–Trinajstić information content (AvgIpc) is 2.07. The summed E-state index contributed by atoms with van der Waals surface area (Å²) in [4.78, 5) is 0. The van der Waals surface area contributed by atoms with Gasteiger partial charge < -0.3 is 11.5 Å². The lowest BCUT2D eigenvalue weighted by Gasteiger charge is -2.02. The van der Waals surface area contributed by atoms with Crippen LogP contribution in [0.2, 0.25) is 0 Å². The molecule has 0 atom stereocenters. The van der Waals surface area contributed by atoms with E-state index in [1.165, 1.54) is 0 Å². The quantitative estimate of drug-likeness (QED) is 0.457. The van der Waals surface area contributed by atoms with E-state index in [-0.39, 0.29) is 0 Å². The normalized spacial score (nSPS) is 10.3. The first kappa shape index (κ1) is 6.98. The number of hydrogen-bond donors (Lipinski definition) is 2. The highest BCUT2D eigenvalue weighted by Crippen LogP contribution is 2.22. The molecule has 0 saturated carbocycles. The third kappa shape index (κ3) is 0.975. The third-order valence-corrected chi connectivity index (χ3v) is 1.95. The van der Waals surface area contributed by atoms with Crippen LogP contribution in [0.5, 0.6) is 0 Å². The van der Waals surface area contributed by atoms with Gasteiger partial charge in [-0.1, -0.05) is 24.3 Å². The Bertz CT molecular complexity index is 381. The minimum atomic E-state index is 0.647. The van der Waals surface area contributed by atoms with E-state index in [2.05, 4.69) is 0 Å². The highest BCUT2D eigenvalue weighted by atomic mass is 15.4. The van der Waals surface area contributed by atoms with Gasteiger partial charge in [0.15, 0.2) is 0 Å². The Labute approximate surface area is 70.8 Å². The van der Waals surface area contributed by atoms with Crippen LogP contribution in [-0.2, 0) is 0 Å². The maximum Gasteiger partial charge on any atom is 0.0554 e. The second-order valence-corrected chi connectivity index (χ2v) is 2.83. The van der Waals surface area contributed by atoms with E-state index in [9.17, 15) is 0 Å². The Morgan fingerprint density at radius 1 is 0.750 bits per heavy atom. The molecule has 0 aliphatic heterocycles. The van der Waals surface area contributed by atoms with E-state index in [4.69, 9.17) is 11.5 Å². The molecule has 60 valence electrons. The zero-order valence-corrected chi connectivity index (χ0v) is 6.62. The molecule has 2 rings (SSSR count). The van der Waals surface area contributed by atoms with Gasteiger partial charge in [0.2, 0.25) is 0 Å². The van der Waals surface area contributed by atoms with Gasteiger partial charge in [-0.05, 0) is 22.9 Å². The first-order valence-corrected chi connectivity index (χ1v) is 3.81. The van der Waals surface area contributed by atoms with Gasteiger partial charge in [0.25, 0.3) is 0 Å². The monoisotopic (exact) mass is 160 g/mol. The Hall–Kier alpha value is -1.70. The maximum absolute atomic E-state index is 5.66. The summed E-state index contributed by atoms with van der Waals surface area (Å²) in [5.41, 5.74) is 12.6. The number of hydrogen-bond acceptors (Lipinski definition) is 2. The summed E-state index contributed by atoms with van der Waals surface area (Å²) < 4.78 is 0. The summed E-state index contributed by atoms with van der Waals surface area (Å²) in [6, 6.07) is 11.8. The van der Waals surface area contributed by atoms with Gasteiger partial charge in [0.1, 0.15) is 0 Å². The van der Waals surface area contributed by atoms with Crippen molar-refractivity contribution in [2.24, 2.45) is 0 Å². The molecule has 0 bridgehead atoms. The topological polar surface area (TPSA) is 52.0 Å². The molecule has 2 nitrogen and oxygen atoms in total. The van der Waals surface area contributed by atoms with Gasteiger partial charge in [-0.25, -0.2) is 0 Å². The first-order valence-electron chi connectivity index (χ1n) is 3.81. The minimum Gasteiger partial charge on any atom is -0.397 e. The van der Waals surface area contributed by atoms with Gasteiger partial charge in [0, 0.05) is 0 Å². The summed E-state index contributed by atoms with van der Waals surface area (Å²) in [7, 11) is 0. The lowest BCUT2D eigenvalue weighted by atomic mass is 10.1. The Kier molecular flexibility index (Phi) is 1.40. The smallest absolute Gasteiger partial charge is 0.0554 e. The van der Waals surface area contributed by atoms with E-state index in [0.717, 1.165) is 10.8 Å². The third-order valence-electron chi connectivity index (χ3n) is 1.95. The fourth-order valence-electron chi connectivity index (χ4n) is 1.28. The lowest BCUT2D eigenvalue weighted by molar-refractivity contribution is 1.70. The molecule has 0 radical (unpaired) electrons. The molecular weight excluding hydrogens is 150 g/mol. The van der Waals surface area contributed by atoms with Crippen LogP contribution in [0.1, 0.15) is 0 Å². The van der Waals surface area contributed by atoms with Gasteiger partial charge >= 0.3 is 0 Å². The summed E-state index contributed by atoms with van der Waals surface area (Å²) in [6.45, 7) is 0. The predicted molar refractivity (Wildman–Crippen MR) is 52.8 cm³/mol. The van der Waals surface area contributed by atoms with E-state index in [1.54, 1.807) is 0 Å². The summed E-state index contributed by atoms with van der Waals surface area (Å²) in [5.74, 6) is 0. The molecule has 0 saturated heterocycles. The van der Waals surface area contributed by atoms with Crippen molar-refractivity contribution in [2.75, 3.05) is 11.5 Å². The lowest BCUT2D eigenvalue weighted by Crippen LogP contribution is -1.93. The van der Waals surface area contributed by atoms with Crippen LogP contribution < -0.4 is 11.5 Å². The molecule has 0 aliphatic rings. The van der Waals surface area contributed by atoms with Crippen molar-refractivity contribution in [3.63, 3.8) is 0 Å². The highest BCUT2D eigenvalue weighted by molar-refractivity contribution is 5.90. The van der Waals surface area contributed by atoms with Crippen LogP contribution in [0.25, 0.3) is 10.8 Å². The SMILES string of the molecule is [15NH2]c1cc2ccccc2cc1[15NH2]. The zero-order chi connectivity index (χ0) is 8.55. The molecule has 0 fully saturated rings. The van der Waals surface area contributed by atoms with Crippen molar-refractivity contribution in [3.8, 4) is 0 Å². The molecule has 2 aromatic rings. The van der Waals surface area contributed by atoms with E-state index >= 15 is 0 Å². The van der Waals surface area contributed by atoms with Gasteiger partial charge in [-0.15, -0.1) is 0 Å².